The summed E-state index contributed by atoms with van der Waals surface area (Å²) in [6.45, 7) is 9.85. The van der Waals surface area contributed by atoms with Crippen LogP contribution in [0.5, 0.6) is 0 Å². The molecule has 0 spiro atoms. The molecule has 1 saturated heterocycles. The number of carbonyl (C=O) groups is 2. The largest absolute Gasteiger partial charge is 0.453 e. The molecule has 1 heterocycles. The van der Waals surface area contributed by atoms with E-state index >= 15 is 0 Å². The lowest BCUT2D eigenvalue weighted by molar-refractivity contribution is -0.135. The Balaban J connectivity index is 1.94. The molecule has 0 bridgehead atoms. The first-order chi connectivity index (χ1) is 16.7. The molecule has 5 nitrogen and oxygen atoms in total. The minimum absolute atomic E-state index is 0.0702. The second kappa shape index (κ2) is 12.3. The second-order valence-corrected chi connectivity index (χ2v) is 10.6. The highest BCUT2D eigenvalue weighted by atomic mass is 35.5. The van der Waals surface area contributed by atoms with Gasteiger partial charge in [0, 0.05) is 23.8 Å². The van der Waals surface area contributed by atoms with Gasteiger partial charge in [0.1, 0.15) is 11.4 Å². The molecular formula is C29H37ClN2O3. The topological polar surface area (TPSA) is 58.6 Å². The van der Waals surface area contributed by atoms with Crippen molar-refractivity contribution in [1.29, 1.82) is 0 Å². The predicted molar refractivity (Wildman–Crippen MR) is 142 cm³/mol. The molecule has 35 heavy (non-hydrogen) atoms. The molecule has 2 aromatic rings. The van der Waals surface area contributed by atoms with Crippen LogP contribution in [0.3, 0.4) is 0 Å². The van der Waals surface area contributed by atoms with Crippen LogP contribution in [0.2, 0.25) is 5.02 Å². The van der Waals surface area contributed by atoms with Gasteiger partial charge in [0.2, 0.25) is 5.78 Å². The van der Waals surface area contributed by atoms with Crippen LogP contribution in [0.4, 0.5) is 5.69 Å². The van der Waals surface area contributed by atoms with E-state index < -0.39 is 5.97 Å². The zero-order chi connectivity index (χ0) is 25.4. The average molecular weight is 497 g/mol. The quantitative estimate of drug-likeness (QED) is 0.159. The Labute approximate surface area is 214 Å². The summed E-state index contributed by atoms with van der Waals surface area (Å²) >= 11 is 6.07. The summed E-state index contributed by atoms with van der Waals surface area (Å²) in [6, 6.07) is 15.8. The minimum atomic E-state index is -0.578. The molecule has 1 aliphatic rings. The van der Waals surface area contributed by atoms with Crippen molar-refractivity contribution in [3.8, 4) is 0 Å². The molecule has 1 aliphatic heterocycles. The van der Waals surface area contributed by atoms with Crippen molar-refractivity contribution in [2.24, 2.45) is 0 Å². The summed E-state index contributed by atoms with van der Waals surface area (Å²) in [6.07, 6.45) is 5.60. The third-order valence-corrected chi connectivity index (χ3v) is 6.45. The highest BCUT2D eigenvalue weighted by Crippen LogP contribution is 2.26. The van der Waals surface area contributed by atoms with E-state index in [-0.39, 0.29) is 23.4 Å². The predicted octanol–water partition coefficient (Wildman–Crippen LogP) is 6.86. The number of carbonyl (C=O) groups excluding carboxylic acids is 2. The molecule has 0 radical (unpaired) electrons. The van der Waals surface area contributed by atoms with E-state index in [1.165, 1.54) is 24.8 Å². The molecule has 1 N–H and O–H groups in total. The first-order valence-electron chi connectivity index (χ1n) is 12.5. The number of cyclic esters (lactones) is 1. The van der Waals surface area contributed by atoms with Crippen molar-refractivity contribution >= 4 is 29.0 Å². The van der Waals surface area contributed by atoms with Gasteiger partial charge in [0.05, 0.1) is 0 Å². The molecule has 0 amide bonds. The fourth-order valence-corrected chi connectivity index (χ4v) is 4.22. The Morgan fingerprint density at radius 2 is 1.63 bits per heavy atom. The number of esters is 1. The molecule has 2 aromatic carbocycles. The van der Waals surface area contributed by atoms with Crippen LogP contribution in [0.15, 0.2) is 59.9 Å². The molecule has 1 fully saturated rings. The Morgan fingerprint density at radius 3 is 2.20 bits per heavy atom. The number of Topliss-reactive ketones (excluding diaryl/α,β-unsaturated/α-hetero) is 1. The van der Waals surface area contributed by atoms with Crippen LogP contribution in [-0.2, 0) is 26.3 Å². The Morgan fingerprint density at radius 1 is 0.971 bits per heavy atom. The number of anilines is 1. The Kier molecular flexibility index (Phi) is 9.39. The first-order valence-corrected chi connectivity index (χ1v) is 12.9. The maximum absolute atomic E-state index is 12.7. The SMILES string of the molecule is CCCCCCCN(Cc1ccc(C(C)(C)C)cc1)C(Nc1ccc(Cl)cc1)=C1C(=O)COC1=O. The molecular weight excluding hydrogens is 460 g/mol. The van der Waals surface area contributed by atoms with Crippen LogP contribution in [-0.4, -0.2) is 29.8 Å². The lowest BCUT2D eigenvalue weighted by atomic mass is 9.87. The summed E-state index contributed by atoms with van der Waals surface area (Å²) in [5.74, 6) is -0.383. The van der Waals surface area contributed by atoms with Gasteiger partial charge in [-0.2, -0.15) is 0 Å². The van der Waals surface area contributed by atoms with E-state index in [1.807, 2.05) is 12.1 Å². The normalized spacial score (nSPS) is 15.2. The van der Waals surface area contributed by atoms with Gasteiger partial charge in [-0.05, 0) is 47.2 Å². The fourth-order valence-electron chi connectivity index (χ4n) is 4.09. The van der Waals surface area contributed by atoms with Crippen LogP contribution in [0.25, 0.3) is 0 Å². The van der Waals surface area contributed by atoms with E-state index in [4.69, 9.17) is 16.3 Å². The van der Waals surface area contributed by atoms with Gasteiger partial charge < -0.3 is 15.0 Å². The highest BCUT2D eigenvalue weighted by molar-refractivity contribution is 6.30. The fraction of sp³-hybridized carbons (Fsp3) is 0.448. The molecule has 0 aliphatic carbocycles. The summed E-state index contributed by atoms with van der Waals surface area (Å²) in [4.78, 5) is 27.4. The molecule has 3 rings (SSSR count). The molecule has 0 unspecified atom stereocenters. The average Bonchev–Trinajstić information content (AvgIpc) is 3.15. The zero-order valence-electron chi connectivity index (χ0n) is 21.3. The van der Waals surface area contributed by atoms with Crippen LogP contribution >= 0.6 is 11.6 Å². The van der Waals surface area contributed by atoms with Crippen molar-refractivity contribution in [3.63, 3.8) is 0 Å². The van der Waals surface area contributed by atoms with Gasteiger partial charge >= 0.3 is 5.97 Å². The number of rotatable bonds is 11. The maximum Gasteiger partial charge on any atom is 0.346 e. The molecule has 0 aromatic heterocycles. The van der Waals surface area contributed by atoms with Crippen molar-refractivity contribution in [3.05, 3.63) is 76.1 Å². The van der Waals surface area contributed by atoms with Gasteiger partial charge in [-0.3, -0.25) is 4.79 Å². The van der Waals surface area contributed by atoms with Crippen molar-refractivity contribution in [1.82, 2.24) is 4.90 Å². The van der Waals surface area contributed by atoms with Gasteiger partial charge in [-0.15, -0.1) is 0 Å². The van der Waals surface area contributed by atoms with Gasteiger partial charge in [-0.1, -0.05) is 89.2 Å². The number of halogens is 1. The van der Waals surface area contributed by atoms with E-state index in [1.54, 1.807) is 12.1 Å². The molecule has 6 heteroatoms. The van der Waals surface area contributed by atoms with Crippen molar-refractivity contribution in [2.75, 3.05) is 18.5 Å². The third kappa shape index (κ3) is 7.60. The van der Waals surface area contributed by atoms with Crippen molar-refractivity contribution < 1.29 is 14.3 Å². The number of ketones is 1. The van der Waals surface area contributed by atoms with Gasteiger partial charge in [0.25, 0.3) is 0 Å². The van der Waals surface area contributed by atoms with E-state index in [0.717, 1.165) is 24.1 Å². The van der Waals surface area contributed by atoms with Crippen LogP contribution < -0.4 is 5.32 Å². The minimum Gasteiger partial charge on any atom is -0.453 e. The third-order valence-electron chi connectivity index (χ3n) is 6.20. The number of nitrogens with zero attached hydrogens (tertiary/aromatic N) is 1. The monoisotopic (exact) mass is 496 g/mol. The number of nitrogens with one attached hydrogen (secondary N) is 1. The van der Waals surface area contributed by atoms with E-state index in [2.05, 4.69) is 62.2 Å². The van der Waals surface area contributed by atoms with Gasteiger partial charge in [-0.25, -0.2) is 4.79 Å². The first kappa shape index (κ1) is 26.8. The number of unbranched alkanes of at least 4 members (excludes halogenated alkanes) is 4. The number of hydrogen-bond acceptors (Lipinski definition) is 5. The summed E-state index contributed by atoms with van der Waals surface area (Å²) in [5, 5.41) is 3.96. The summed E-state index contributed by atoms with van der Waals surface area (Å²) in [5.41, 5.74) is 3.28. The summed E-state index contributed by atoms with van der Waals surface area (Å²) < 4.78 is 5.09. The van der Waals surface area contributed by atoms with Crippen LogP contribution in [0, 0.1) is 0 Å². The number of benzene rings is 2. The summed E-state index contributed by atoms with van der Waals surface area (Å²) in [7, 11) is 0. The number of ether oxygens (including phenoxy) is 1. The van der Waals surface area contributed by atoms with E-state index in [0.29, 0.717) is 23.9 Å². The van der Waals surface area contributed by atoms with Crippen LogP contribution in [0.1, 0.15) is 70.9 Å². The molecule has 0 saturated carbocycles. The number of hydrogen-bond donors (Lipinski definition) is 1. The van der Waals surface area contributed by atoms with Crippen molar-refractivity contribution in [2.45, 2.75) is 71.8 Å². The standard InChI is InChI=1S/C29H37ClN2O3/c1-5-6-7-8-9-18-32(19-21-10-12-22(13-11-21)29(2,3)4)27(26-25(33)20-35-28(26)34)31-24-16-14-23(30)15-17-24/h10-17,31H,5-9,18-20H2,1-4H3. The van der Waals surface area contributed by atoms with Gasteiger partial charge in [0.15, 0.2) is 6.61 Å². The lowest BCUT2D eigenvalue weighted by Gasteiger charge is -2.30. The highest BCUT2D eigenvalue weighted by Gasteiger charge is 2.34. The maximum atomic E-state index is 12.7. The lowest BCUT2D eigenvalue weighted by Crippen LogP contribution is -2.31. The smallest absolute Gasteiger partial charge is 0.346 e. The van der Waals surface area contributed by atoms with E-state index in [9.17, 15) is 9.59 Å². The molecule has 188 valence electrons. The second-order valence-electron chi connectivity index (χ2n) is 10.1. The zero-order valence-corrected chi connectivity index (χ0v) is 22.1. The Bertz CT molecular complexity index is 1020. The molecule has 0 atom stereocenters. The Hall–Kier alpha value is -2.79.